The SMILES string of the molecule is CC(C)N1CCN(C2CCC(n3cc(-c4ccc(Oc5ccccc5)cc4)c4c(N)ncnc43)CC2)CC1.CN(C)[C@H]1CCN(C2CCC(n3cc(-c4ccc(Oc5ccccc5)cc4)c4c(N)ncnc43)CC2)C1.O=C(O)/C=C\C(=O)O.O=C(O)/C=C\C(=O)O.O=C(O)/C=C\C(=O)O.O=C(O)/C=C\C(=O)O.O=C(O)/C=C\C(=O)O.O=C(O)/C=C\C(=O)O. The number of likely N-dealkylation sites (N-methyl/N-ethyl adjacent to an activating group) is 1. The van der Waals surface area contributed by atoms with Gasteiger partial charge in [0.1, 0.15) is 58.6 Å². The highest BCUT2D eigenvalue weighted by Crippen LogP contribution is 2.42. The molecule has 38 heteroatoms. The van der Waals surface area contributed by atoms with Gasteiger partial charge >= 0.3 is 71.6 Å². The van der Waals surface area contributed by atoms with E-state index in [-0.39, 0.29) is 0 Å². The van der Waals surface area contributed by atoms with Crippen LogP contribution in [0.15, 0.2) is 207 Å². The number of aromatic nitrogens is 6. The van der Waals surface area contributed by atoms with Crippen LogP contribution in [0, 0.1) is 0 Å². The van der Waals surface area contributed by atoms with Crippen LogP contribution in [0.3, 0.4) is 0 Å². The van der Waals surface area contributed by atoms with Crippen molar-refractivity contribution in [1.29, 1.82) is 0 Å². The molecule has 16 N–H and O–H groups in total. The van der Waals surface area contributed by atoms with Crippen molar-refractivity contribution in [2.75, 3.05) is 64.8 Å². The Morgan fingerprint density at radius 3 is 0.886 bits per heavy atom. The first kappa shape index (κ1) is 98.8. The Kier molecular flexibility index (Phi) is 40.9. The predicted molar refractivity (Wildman–Crippen MR) is 449 cm³/mol. The summed E-state index contributed by atoms with van der Waals surface area (Å²) in [6.45, 7) is 11.8. The average molecular weight is 1700 g/mol. The lowest BCUT2D eigenvalue weighted by Crippen LogP contribution is -2.52. The third-order valence-corrected chi connectivity index (χ3v) is 18.9. The maximum Gasteiger partial charge on any atom is 0.328 e. The average Bonchev–Trinajstić information content (AvgIpc) is 1.61. The van der Waals surface area contributed by atoms with E-state index in [0.29, 0.717) is 121 Å². The van der Waals surface area contributed by atoms with Gasteiger partial charge in [-0.3, -0.25) is 14.7 Å². The van der Waals surface area contributed by atoms with Crippen molar-refractivity contribution >= 4 is 105 Å². The number of carboxylic acids is 12. The van der Waals surface area contributed by atoms with Gasteiger partial charge in [0, 0.05) is 172 Å². The zero-order chi connectivity index (χ0) is 90.8. The topological polar surface area (TPSA) is 592 Å². The zero-order valence-electron chi connectivity index (χ0n) is 67.4. The first-order chi connectivity index (χ1) is 58.4. The minimum absolute atomic E-state index is 0.425. The molecule has 0 spiro atoms. The van der Waals surface area contributed by atoms with Crippen molar-refractivity contribution in [3.63, 3.8) is 0 Å². The number of anilines is 2. The first-order valence-corrected chi connectivity index (χ1v) is 38.0. The summed E-state index contributed by atoms with van der Waals surface area (Å²) in [5.41, 5.74) is 19.0. The Bertz CT molecular complexity index is 4700. The van der Waals surface area contributed by atoms with Crippen molar-refractivity contribution in [1.82, 2.24) is 48.7 Å². The summed E-state index contributed by atoms with van der Waals surface area (Å²) in [5, 5.41) is 95.6. The van der Waals surface area contributed by atoms with Crippen LogP contribution in [-0.2, 0) is 57.5 Å². The molecule has 0 amide bonds. The second-order valence-corrected chi connectivity index (χ2v) is 27.7. The normalized spacial score (nSPS) is 17.1. The lowest BCUT2D eigenvalue weighted by molar-refractivity contribution is -0.134. The summed E-state index contributed by atoms with van der Waals surface area (Å²) in [7, 11) is 4.41. The van der Waals surface area contributed by atoms with Gasteiger partial charge < -0.3 is 96.3 Å². The fourth-order valence-electron chi connectivity index (χ4n) is 13.3. The van der Waals surface area contributed by atoms with Gasteiger partial charge in [-0.05, 0) is 145 Å². The number of aliphatic carboxylic acids is 12. The van der Waals surface area contributed by atoms with Gasteiger partial charge in [0.25, 0.3) is 0 Å². The van der Waals surface area contributed by atoms with Crippen molar-refractivity contribution in [2.45, 2.75) is 108 Å². The second kappa shape index (κ2) is 50.9. The van der Waals surface area contributed by atoms with Gasteiger partial charge in [-0.2, -0.15) is 0 Å². The van der Waals surface area contributed by atoms with E-state index in [2.05, 4.69) is 103 Å². The number of hydrogen-bond donors (Lipinski definition) is 14. The number of piperazine rings is 1. The van der Waals surface area contributed by atoms with E-state index < -0.39 is 71.6 Å². The van der Waals surface area contributed by atoms with E-state index in [1.54, 1.807) is 12.7 Å². The smallest absolute Gasteiger partial charge is 0.328 e. The molecule has 0 bridgehead atoms. The summed E-state index contributed by atoms with van der Waals surface area (Å²) >= 11 is 0. The number of nitrogen functional groups attached to an aromatic ring is 2. The van der Waals surface area contributed by atoms with E-state index in [4.69, 9.17) is 92.2 Å². The van der Waals surface area contributed by atoms with E-state index >= 15 is 0 Å². The molecule has 4 aromatic heterocycles. The molecule has 0 radical (unpaired) electrons. The standard InChI is InChI=1S/C31H38N6O.C30H36N6O.6C4H4O4/c1-22(2)35-16-18-36(19-17-35)24-10-12-25(13-11-24)37-20-28(29-30(32)33-21-34-31(29)37)23-8-14-27(15-9-23)38-26-6-4-3-5-7-26;1-34(2)24-16-17-35(18-24)22-10-12-23(13-11-22)36-19-27(28-29(31)32-20-33-30(28)36)21-8-14-26(15-9-21)37-25-6-4-3-5-7-25;6*5-3(6)1-2-4(7)8/h3-9,14-15,20-22,24-25H,10-13,16-19H2,1-2H3,(H2,32,33,34);3-9,14-15,19-20,22-24H,10-13,16-18H2,1-2H3,(H2,31,32,33);6*1-2H,(H,5,6)(H,7,8)/b;;6*2-1-/t;22?,23?,24-;;;;;;/m.0....../s1. The van der Waals surface area contributed by atoms with E-state index in [1.165, 1.54) is 71.4 Å². The molecule has 38 nitrogen and oxygen atoms in total. The molecule has 8 aromatic rings. The summed E-state index contributed by atoms with van der Waals surface area (Å²) in [4.78, 5) is 143. The van der Waals surface area contributed by atoms with Gasteiger partial charge in [0.2, 0.25) is 0 Å². The van der Waals surface area contributed by atoms with Gasteiger partial charge in [0.15, 0.2) is 0 Å². The Morgan fingerprint density at radius 1 is 0.358 bits per heavy atom. The number of ether oxygens (including phenoxy) is 2. The molecule has 4 aromatic carbocycles. The predicted octanol–water partition coefficient (Wildman–Crippen LogP) is 9.85. The van der Waals surface area contributed by atoms with Crippen LogP contribution in [-0.4, -0.2) is 259 Å². The summed E-state index contributed by atoms with van der Waals surface area (Å²) in [5.74, 6) is -10.8. The van der Waals surface area contributed by atoms with Crippen LogP contribution in [0.1, 0.15) is 83.7 Å². The lowest BCUT2D eigenvalue weighted by atomic mass is 9.89. The van der Waals surface area contributed by atoms with Crippen LogP contribution >= 0.6 is 0 Å². The Balaban J connectivity index is 0.000000288. The quantitative estimate of drug-likeness (QED) is 0.0250. The number of fused-ring (bicyclic) bond motifs is 2. The van der Waals surface area contributed by atoms with Gasteiger partial charge in [-0.25, -0.2) is 77.5 Å². The van der Waals surface area contributed by atoms with Crippen molar-refractivity contribution < 1.29 is 128 Å². The van der Waals surface area contributed by atoms with Crippen LogP contribution in [0.2, 0.25) is 0 Å². The van der Waals surface area contributed by atoms with Gasteiger partial charge in [-0.1, -0.05) is 60.7 Å². The van der Waals surface area contributed by atoms with E-state index in [0.717, 1.165) is 93.0 Å². The van der Waals surface area contributed by atoms with E-state index in [9.17, 15) is 57.5 Å². The van der Waals surface area contributed by atoms with Crippen molar-refractivity contribution in [3.8, 4) is 45.3 Å². The van der Waals surface area contributed by atoms with Gasteiger partial charge in [-0.15, -0.1) is 0 Å². The maximum absolute atomic E-state index is 9.55. The molecule has 2 aliphatic carbocycles. The number of carbonyl (C=O) groups is 12. The Hall–Kier alpha value is -14.8. The molecule has 1 atom stereocenters. The highest BCUT2D eigenvalue weighted by atomic mass is 16.5. The maximum atomic E-state index is 9.55. The lowest BCUT2D eigenvalue weighted by Gasteiger charge is -2.43. The molecule has 2 aliphatic heterocycles. The molecule has 123 heavy (non-hydrogen) atoms. The molecular formula is C85H98N12O26. The molecule has 6 heterocycles. The molecule has 12 rings (SSSR count). The highest BCUT2D eigenvalue weighted by molar-refractivity contribution is 6.02. The fraction of sp³-hybridized carbons (Fsp3) is 0.294. The van der Waals surface area contributed by atoms with Crippen molar-refractivity contribution in [3.05, 3.63) is 207 Å². The monoisotopic (exact) mass is 1700 g/mol. The number of nitrogens with zero attached hydrogens (tertiary/aromatic N) is 10. The number of likely N-dealkylation sites (tertiary alicyclic amines) is 1. The van der Waals surface area contributed by atoms with Crippen LogP contribution in [0.5, 0.6) is 23.0 Å². The summed E-state index contributed by atoms with van der Waals surface area (Å²) in [6.07, 6.45) is 25.2. The largest absolute Gasteiger partial charge is 0.478 e. The fourth-order valence-corrected chi connectivity index (χ4v) is 13.3. The van der Waals surface area contributed by atoms with E-state index in [1.807, 2.05) is 84.9 Å². The third-order valence-electron chi connectivity index (χ3n) is 18.9. The summed E-state index contributed by atoms with van der Waals surface area (Å²) < 4.78 is 16.7. The molecule has 0 unspecified atom stereocenters. The number of hydrogen-bond acceptors (Lipinski definition) is 24. The third kappa shape index (κ3) is 35.8. The van der Waals surface area contributed by atoms with Crippen LogP contribution < -0.4 is 20.9 Å². The number of rotatable bonds is 24. The molecule has 4 aliphatic rings. The number of nitrogens with two attached hydrogens (primary N) is 2. The first-order valence-electron chi connectivity index (χ1n) is 38.0. The molecule has 2 saturated carbocycles. The summed E-state index contributed by atoms with van der Waals surface area (Å²) in [6, 6.07) is 39.7. The van der Waals surface area contributed by atoms with Gasteiger partial charge in [0.05, 0.1) is 10.8 Å². The Labute approximate surface area is 704 Å². The second-order valence-electron chi connectivity index (χ2n) is 27.7. The number of carboxylic acid groups (broad SMARTS) is 12. The molecule has 4 fully saturated rings. The minimum atomic E-state index is -1.26. The van der Waals surface area contributed by atoms with Crippen LogP contribution in [0.25, 0.3) is 44.3 Å². The van der Waals surface area contributed by atoms with Crippen LogP contribution in [0.4, 0.5) is 11.6 Å². The number of benzene rings is 4. The van der Waals surface area contributed by atoms with Crippen molar-refractivity contribution in [2.24, 2.45) is 0 Å². The molecule has 654 valence electrons. The zero-order valence-corrected chi connectivity index (χ0v) is 67.4. The minimum Gasteiger partial charge on any atom is -0.478 e. The Morgan fingerprint density at radius 2 is 0.626 bits per heavy atom. The molecular weight excluding hydrogens is 1600 g/mol. The number of para-hydroxylation sites is 2. The highest BCUT2D eigenvalue weighted by Gasteiger charge is 2.35. The molecule has 2 saturated heterocycles.